The van der Waals surface area contributed by atoms with Gasteiger partial charge in [-0.1, -0.05) is 11.6 Å². The maximum Gasteiger partial charge on any atom is 0.191 e. The Morgan fingerprint density at radius 1 is 1.32 bits per heavy atom. The summed E-state index contributed by atoms with van der Waals surface area (Å²) in [4.78, 5) is 10.1. The summed E-state index contributed by atoms with van der Waals surface area (Å²) in [5.74, 6) is 0.859. The highest BCUT2D eigenvalue weighted by Gasteiger charge is 2.05. The molecule has 1 aliphatic rings. The molecule has 0 radical (unpaired) electrons. The van der Waals surface area contributed by atoms with Crippen LogP contribution in [0.3, 0.4) is 0 Å². The van der Waals surface area contributed by atoms with Crippen molar-refractivity contribution in [3.05, 3.63) is 27.2 Å². The lowest BCUT2D eigenvalue weighted by molar-refractivity contribution is 0.153. The number of guanidine groups is 1. The number of aliphatic imine (C=N–C) groups is 1. The van der Waals surface area contributed by atoms with Gasteiger partial charge in [0.05, 0.1) is 23.9 Å². The summed E-state index contributed by atoms with van der Waals surface area (Å²) in [6.07, 6.45) is 5.22. The zero-order chi connectivity index (χ0) is 15.8. The maximum absolute atomic E-state index is 5.32. The summed E-state index contributed by atoms with van der Waals surface area (Å²) in [6.45, 7) is 7.55. The highest BCUT2D eigenvalue weighted by molar-refractivity contribution is 7.11. The SMILES string of the molecule is CN=C(NCCC1=CCOCC1)NCCc1nc(C)c(C)s1. The van der Waals surface area contributed by atoms with Crippen molar-refractivity contribution in [1.29, 1.82) is 0 Å². The molecule has 2 heterocycles. The molecule has 0 bridgehead atoms. The van der Waals surface area contributed by atoms with Gasteiger partial charge in [0.15, 0.2) is 5.96 Å². The van der Waals surface area contributed by atoms with Gasteiger partial charge >= 0.3 is 0 Å². The van der Waals surface area contributed by atoms with Crippen molar-refractivity contribution >= 4 is 17.3 Å². The fourth-order valence-electron chi connectivity index (χ4n) is 2.29. The highest BCUT2D eigenvalue weighted by Crippen LogP contribution is 2.16. The minimum absolute atomic E-state index is 0.759. The predicted octanol–water partition coefficient (Wildman–Crippen LogP) is 2.20. The van der Waals surface area contributed by atoms with E-state index in [0.717, 1.165) is 57.2 Å². The van der Waals surface area contributed by atoms with Crippen molar-refractivity contribution < 1.29 is 4.74 Å². The molecule has 0 aromatic carbocycles. The van der Waals surface area contributed by atoms with Crippen LogP contribution in [0.25, 0.3) is 0 Å². The number of hydrogen-bond donors (Lipinski definition) is 2. The second-order valence-corrected chi connectivity index (χ2v) is 6.65. The van der Waals surface area contributed by atoms with Gasteiger partial charge in [-0.25, -0.2) is 4.98 Å². The van der Waals surface area contributed by atoms with Crippen LogP contribution in [0, 0.1) is 13.8 Å². The van der Waals surface area contributed by atoms with E-state index < -0.39 is 0 Å². The van der Waals surface area contributed by atoms with Crippen LogP contribution in [0.2, 0.25) is 0 Å². The molecule has 22 heavy (non-hydrogen) atoms. The number of rotatable bonds is 6. The molecule has 2 rings (SSSR count). The number of aryl methyl sites for hydroxylation is 2. The van der Waals surface area contributed by atoms with Gasteiger partial charge in [0, 0.05) is 31.4 Å². The second-order valence-electron chi connectivity index (χ2n) is 5.36. The quantitative estimate of drug-likeness (QED) is 0.479. The summed E-state index contributed by atoms with van der Waals surface area (Å²) in [5, 5.41) is 7.89. The van der Waals surface area contributed by atoms with Gasteiger partial charge in [-0.05, 0) is 26.7 Å². The average Bonchev–Trinajstić information content (AvgIpc) is 2.85. The lowest BCUT2D eigenvalue weighted by atomic mass is 10.1. The van der Waals surface area contributed by atoms with E-state index in [9.17, 15) is 0 Å². The van der Waals surface area contributed by atoms with E-state index in [-0.39, 0.29) is 0 Å². The first-order chi connectivity index (χ1) is 10.7. The summed E-state index contributed by atoms with van der Waals surface area (Å²) >= 11 is 1.78. The Labute approximate surface area is 136 Å². The Balaban J connectivity index is 1.65. The zero-order valence-electron chi connectivity index (χ0n) is 13.7. The van der Waals surface area contributed by atoms with Crippen molar-refractivity contribution in [2.75, 3.05) is 33.4 Å². The molecular formula is C16H26N4OS. The Kier molecular flexibility index (Phi) is 6.86. The molecule has 1 aromatic rings. The fourth-order valence-corrected chi connectivity index (χ4v) is 3.22. The number of nitrogens with zero attached hydrogens (tertiary/aromatic N) is 2. The molecule has 0 saturated heterocycles. The van der Waals surface area contributed by atoms with Gasteiger partial charge in [0.25, 0.3) is 0 Å². The van der Waals surface area contributed by atoms with Gasteiger partial charge in [-0.3, -0.25) is 4.99 Å². The van der Waals surface area contributed by atoms with E-state index in [1.54, 1.807) is 18.4 Å². The van der Waals surface area contributed by atoms with Crippen LogP contribution in [0.1, 0.15) is 28.4 Å². The fraction of sp³-hybridized carbons (Fsp3) is 0.625. The molecular weight excluding hydrogens is 296 g/mol. The molecule has 122 valence electrons. The van der Waals surface area contributed by atoms with E-state index in [4.69, 9.17) is 4.74 Å². The van der Waals surface area contributed by atoms with Gasteiger partial charge in [-0.2, -0.15) is 0 Å². The number of hydrogen-bond acceptors (Lipinski definition) is 4. The smallest absolute Gasteiger partial charge is 0.191 e. The van der Waals surface area contributed by atoms with Crippen LogP contribution in [0.5, 0.6) is 0 Å². The van der Waals surface area contributed by atoms with Crippen molar-refractivity contribution in [1.82, 2.24) is 15.6 Å². The molecule has 0 spiro atoms. The van der Waals surface area contributed by atoms with Crippen molar-refractivity contribution in [3.63, 3.8) is 0 Å². The first-order valence-electron chi connectivity index (χ1n) is 7.82. The van der Waals surface area contributed by atoms with Crippen LogP contribution in [0.4, 0.5) is 0 Å². The summed E-state index contributed by atoms with van der Waals surface area (Å²) in [7, 11) is 1.81. The van der Waals surface area contributed by atoms with E-state index in [2.05, 4.69) is 40.5 Å². The van der Waals surface area contributed by atoms with Crippen LogP contribution >= 0.6 is 11.3 Å². The maximum atomic E-state index is 5.32. The molecule has 1 aromatic heterocycles. The molecule has 0 fully saturated rings. The van der Waals surface area contributed by atoms with Crippen LogP contribution in [-0.4, -0.2) is 44.3 Å². The van der Waals surface area contributed by atoms with Crippen molar-refractivity contribution in [3.8, 4) is 0 Å². The molecule has 0 amide bonds. The molecule has 5 nitrogen and oxygen atoms in total. The molecule has 0 atom stereocenters. The Morgan fingerprint density at radius 3 is 2.68 bits per heavy atom. The van der Waals surface area contributed by atoms with Crippen molar-refractivity contribution in [2.24, 2.45) is 4.99 Å². The Morgan fingerprint density at radius 2 is 2.09 bits per heavy atom. The number of thiazole rings is 1. The molecule has 0 saturated carbocycles. The lowest BCUT2D eigenvalue weighted by Crippen LogP contribution is -2.38. The molecule has 2 N–H and O–H groups in total. The Hall–Kier alpha value is -1.40. The summed E-state index contributed by atoms with van der Waals surface area (Å²) in [6, 6.07) is 0. The minimum atomic E-state index is 0.759. The normalized spacial score (nSPS) is 15.6. The topological polar surface area (TPSA) is 58.5 Å². The molecule has 1 aliphatic heterocycles. The van der Waals surface area contributed by atoms with Crippen LogP contribution < -0.4 is 10.6 Å². The summed E-state index contributed by atoms with van der Waals surface area (Å²) in [5.41, 5.74) is 2.62. The standard InChI is InChI=1S/C16H26N4OS/c1-12-13(2)22-15(20-12)5-9-19-16(17-3)18-8-4-14-6-10-21-11-7-14/h6H,4-5,7-11H2,1-3H3,(H2,17,18,19). The predicted molar refractivity (Wildman–Crippen MR) is 92.8 cm³/mol. The third kappa shape index (κ3) is 5.42. The monoisotopic (exact) mass is 322 g/mol. The van der Waals surface area contributed by atoms with E-state index in [1.165, 1.54) is 15.5 Å². The van der Waals surface area contributed by atoms with Gasteiger partial charge in [0.1, 0.15) is 0 Å². The third-order valence-electron chi connectivity index (χ3n) is 3.72. The lowest BCUT2D eigenvalue weighted by Gasteiger charge is -2.15. The second kappa shape index (κ2) is 8.90. The van der Waals surface area contributed by atoms with Gasteiger partial charge in [-0.15, -0.1) is 11.3 Å². The van der Waals surface area contributed by atoms with Gasteiger partial charge < -0.3 is 15.4 Å². The van der Waals surface area contributed by atoms with Crippen molar-refractivity contribution in [2.45, 2.75) is 33.1 Å². The van der Waals surface area contributed by atoms with E-state index in [0.29, 0.717) is 0 Å². The third-order valence-corrected chi connectivity index (χ3v) is 4.86. The first-order valence-corrected chi connectivity index (χ1v) is 8.63. The van der Waals surface area contributed by atoms with E-state index in [1.807, 2.05) is 0 Å². The minimum Gasteiger partial charge on any atom is -0.377 e. The molecule has 0 unspecified atom stereocenters. The van der Waals surface area contributed by atoms with Crippen LogP contribution in [-0.2, 0) is 11.2 Å². The average molecular weight is 322 g/mol. The Bertz CT molecular complexity index is 517. The van der Waals surface area contributed by atoms with Gasteiger partial charge in [0.2, 0.25) is 0 Å². The first kappa shape index (κ1) is 17.0. The largest absolute Gasteiger partial charge is 0.377 e. The summed E-state index contributed by atoms with van der Waals surface area (Å²) < 4.78 is 5.32. The highest BCUT2D eigenvalue weighted by atomic mass is 32.1. The number of aromatic nitrogens is 1. The molecule has 6 heteroatoms. The number of ether oxygens (including phenoxy) is 1. The number of nitrogens with one attached hydrogen (secondary N) is 2. The van der Waals surface area contributed by atoms with E-state index >= 15 is 0 Å². The zero-order valence-corrected chi connectivity index (χ0v) is 14.6. The van der Waals surface area contributed by atoms with Crippen LogP contribution in [0.15, 0.2) is 16.6 Å². The molecule has 0 aliphatic carbocycles.